The molecule has 0 spiro atoms. The second kappa shape index (κ2) is 5.82. The van der Waals surface area contributed by atoms with Gasteiger partial charge in [-0.05, 0) is 0 Å². The van der Waals surface area contributed by atoms with Crippen LogP contribution in [0.5, 0.6) is 5.75 Å². The lowest BCUT2D eigenvalue weighted by atomic mass is 10.1. The highest BCUT2D eigenvalue weighted by Crippen LogP contribution is 2.34. The maximum atomic E-state index is 13.2. The van der Waals surface area contributed by atoms with E-state index < -0.39 is 59.3 Å². The van der Waals surface area contributed by atoms with Crippen molar-refractivity contribution in [2.75, 3.05) is 0 Å². The molecule has 11 heteroatoms. The Morgan fingerprint density at radius 2 is 1.24 bits per heavy atom. The molecule has 0 aliphatic carbocycles. The van der Waals surface area contributed by atoms with Gasteiger partial charge in [0.25, 0.3) is 0 Å². The minimum atomic E-state index is -5.21. The monoisotopic (exact) mass is 328 g/mol. The molecule has 118 valence electrons. The highest BCUT2D eigenvalue weighted by atomic mass is 19.4. The van der Waals surface area contributed by atoms with Gasteiger partial charge in [-0.3, -0.25) is 0 Å². The van der Waals surface area contributed by atoms with Crippen LogP contribution in [0.3, 0.4) is 0 Å². The molecule has 1 nitrogen and oxygen atoms in total. The van der Waals surface area contributed by atoms with Crippen LogP contribution in [0.1, 0.15) is 5.56 Å². The first-order chi connectivity index (χ1) is 9.45. The molecular weight excluding hydrogens is 326 g/mol. The zero-order valence-corrected chi connectivity index (χ0v) is 9.39. The van der Waals surface area contributed by atoms with E-state index in [0.29, 0.717) is 0 Å². The normalized spacial score (nSPS) is 11.5. The van der Waals surface area contributed by atoms with Crippen LogP contribution in [0.4, 0.5) is 43.9 Å². The predicted octanol–water partition coefficient (Wildman–Crippen LogP) is 4.76. The number of benzene rings is 1. The van der Waals surface area contributed by atoms with Gasteiger partial charge in [0.05, 0.1) is 6.42 Å². The van der Waals surface area contributed by atoms with Crippen LogP contribution < -0.4 is 4.74 Å². The van der Waals surface area contributed by atoms with E-state index >= 15 is 0 Å². The molecule has 1 aromatic rings. The Balaban J connectivity index is 3.43. The molecule has 0 aliphatic rings. The van der Waals surface area contributed by atoms with Crippen molar-refractivity contribution >= 4 is 0 Å². The van der Waals surface area contributed by atoms with Crippen molar-refractivity contribution in [1.29, 1.82) is 0 Å². The molecule has 1 aromatic carbocycles. The Morgan fingerprint density at radius 1 is 0.810 bits per heavy atom. The molecular formula is C10H2F10O. The van der Waals surface area contributed by atoms with E-state index in [0.717, 1.165) is 0 Å². The Hall–Kier alpha value is -1.94. The second-order valence-corrected chi connectivity index (χ2v) is 3.49. The van der Waals surface area contributed by atoms with Gasteiger partial charge in [-0.25, -0.2) is 8.78 Å². The van der Waals surface area contributed by atoms with Crippen LogP contribution in [-0.2, 0) is 6.42 Å². The van der Waals surface area contributed by atoms with E-state index in [4.69, 9.17) is 0 Å². The van der Waals surface area contributed by atoms with Gasteiger partial charge in [0, 0.05) is 5.56 Å². The van der Waals surface area contributed by atoms with E-state index in [1.165, 1.54) is 0 Å². The van der Waals surface area contributed by atoms with Crippen molar-refractivity contribution in [2.45, 2.75) is 12.6 Å². The average Bonchev–Trinajstić information content (AvgIpc) is 2.36. The number of ether oxygens (including phenoxy) is 1. The second-order valence-electron chi connectivity index (χ2n) is 3.49. The first-order valence-corrected chi connectivity index (χ1v) is 4.76. The SMILES string of the molecule is FC(F)=C(F)Oc1c(F)c(F)c(CC(F)(F)F)c(F)c1F. The third-order valence-corrected chi connectivity index (χ3v) is 2.03. The van der Waals surface area contributed by atoms with Gasteiger partial charge in [-0.1, -0.05) is 0 Å². The van der Waals surface area contributed by atoms with Crippen LogP contribution >= 0.6 is 0 Å². The third kappa shape index (κ3) is 3.79. The zero-order valence-electron chi connectivity index (χ0n) is 9.39. The Kier molecular flexibility index (Phi) is 4.74. The van der Waals surface area contributed by atoms with Crippen LogP contribution in [0.15, 0.2) is 12.1 Å². The van der Waals surface area contributed by atoms with Crippen LogP contribution in [0.2, 0.25) is 0 Å². The molecule has 0 saturated carbocycles. The summed E-state index contributed by atoms with van der Waals surface area (Å²) in [5.74, 6) is -12.5. The molecule has 0 atom stereocenters. The summed E-state index contributed by atoms with van der Waals surface area (Å²) in [4.78, 5) is 0. The maximum Gasteiger partial charge on any atom is 0.393 e. The fourth-order valence-electron chi connectivity index (χ4n) is 1.23. The first kappa shape index (κ1) is 17.1. The molecule has 21 heavy (non-hydrogen) atoms. The summed E-state index contributed by atoms with van der Waals surface area (Å²) in [6.45, 7) is 0. The van der Waals surface area contributed by atoms with Gasteiger partial charge in [-0.15, -0.1) is 0 Å². The Morgan fingerprint density at radius 3 is 1.57 bits per heavy atom. The third-order valence-electron chi connectivity index (χ3n) is 2.03. The van der Waals surface area contributed by atoms with Crippen LogP contribution in [-0.4, -0.2) is 6.18 Å². The summed E-state index contributed by atoms with van der Waals surface area (Å²) in [6, 6.07) is -2.87. The quantitative estimate of drug-likeness (QED) is 0.442. The number of alkyl halides is 3. The van der Waals surface area contributed by atoms with E-state index in [1.807, 2.05) is 0 Å². The largest absolute Gasteiger partial charge is 0.421 e. The number of hydrogen-bond donors (Lipinski definition) is 0. The van der Waals surface area contributed by atoms with Gasteiger partial charge in [0.2, 0.25) is 17.4 Å². The minimum absolute atomic E-state index is 2.03. The summed E-state index contributed by atoms with van der Waals surface area (Å²) < 4.78 is 128. The molecule has 0 N–H and O–H groups in total. The summed E-state index contributed by atoms with van der Waals surface area (Å²) >= 11 is 0. The standard InChI is InChI=1S/C10H2F10O/c11-3-2(1-10(18,19)20)4(12)6(14)7(5(3)13)21-9(17)8(15)16/h1H2. The molecule has 0 unspecified atom stereocenters. The molecule has 0 aromatic heterocycles. The maximum absolute atomic E-state index is 13.2. The van der Waals surface area contributed by atoms with Crippen molar-refractivity contribution in [3.8, 4) is 5.75 Å². The first-order valence-electron chi connectivity index (χ1n) is 4.76. The molecule has 0 aliphatic heterocycles. The molecule has 0 fully saturated rings. The van der Waals surface area contributed by atoms with Gasteiger partial charge in [0.15, 0.2) is 11.6 Å². The molecule has 0 radical (unpaired) electrons. The highest BCUT2D eigenvalue weighted by molar-refractivity contribution is 5.35. The number of halogens is 10. The molecule has 0 saturated heterocycles. The van der Waals surface area contributed by atoms with Gasteiger partial charge < -0.3 is 4.74 Å². The summed E-state index contributed by atoms with van der Waals surface area (Å²) in [5.41, 5.74) is -2.03. The lowest BCUT2D eigenvalue weighted by Crippen LogP contribution is -2.17. The van der Waals surface area contributed by atoms with E-state index in [2.05, 4.69) is 4.74 Å². The van der Waals surface area contributed by atoms with E-state index in [9.17, 15) is 43.9 Å². The lowest BCUT2D eigenvalue weighted by Gasteiger charge is -2.13. The van der Waals surface area contributed by atoms with Crippen LogP contribution in [0, 0.1) is 23.3 Å². The Bertz CT molecular complexity index is 555. The Labute approximate surface area is 109 Å². The van der Waals surface area contributed by atoms with Crippen molar-refractivity contribution < 1.29 is 48.6 Å². The predicted molar refractivity (Wildman–Crippen MR) is 47.0 cm³/mol. The number of hydrogen-bond acceptors (Lipinski definition) is 1. The van der Waals surface area contributed by atoms with Crippen molar-refractivity contribution in [1.82, 2.24) is 0 Å². The van der Waals surface area contributed by atoms with Crippen LogP contribution in [0.25, 0.3) is 0 Å². The van der Waals surface area contributed by atoms with Crippen molar-refractivity contribution in [2.24, 2.45) is 0 Å². The molecule has 0 amide bonds. The topological polar surface area (TPSA) is 9.23 Å². The van der Waals surface area contributed by atoms with Gasteiger partial charge >= 0.3 is 18.3 Å². The van der Waals surface area contributed by atoms with Crippen molar-refractivity contribution in [3.63, 3.8) is 0 Å². The average molecular weight is 328 g/mol. The summed E-state index contributed by atoms with van der Waals surface area (Å²) in [7, 11) is 0. The fourth-order valence-corrected chi connectivity index (χ4v) is 1.23. The molecule has 0 heterocycles. The smallest absolute Gasteiger partial charge is 0.393 e. The number of rotatable bonds is 3. The van der Waals surface area contributed by atoms with Gasteiger partial charge in [0.1, 0.15) is 0 Å². The summed E-state index contributed by atoms with van der Waals surface area (Å²) in [5, 5.41) is 0. The van der Waals surface area contributed by atoms with Crippen molar-refractivity contribution in [3.05, 3.63) is 40.9 Å². The van der Waals surface area contributed by atoms with E-state index in [-0.39, 0.29) is 0 Å². The highest BCUT2D eigenvalue weighted by Gasteiger charge is 2.36. The molecule has 1 rings (SSSR count). The molecule has 0 bridgehead atoms. The lowest BCUT2D eigenvalue weighted by molar-refractivity contribution is -0.128. The fraction of sp³-hybridized carbons (Fsp3) is 0.200. The van der Waals surface area contributed by atoms with E-state index in [1.54, 1.807) is 0 Å². The zero-order chi connectivity index (χ0) is 16.5. The minimum Gasteiger partial charge on any atom is -0.421 e. The summed E-state index contributed by atoms with van der Waals surface area (Å²) in [6.07, 6.45) is -10.8. The van der Waals surface area contributed by atoms with Gasteiger partial charge in [-0.2, -0.15) is 35.1 Å².